The fraction of sp³-hybridized carbons (Fsp3) is 0.400. The number of ether oxygens (including phenoxy) is 2. The molecular formula is C25H26FN3O5. The van der Waals surface area contributed by atoms with Crippen LogP contribution < -0.4 is 10.1 Å². The summed E-state index contributed by atoms with van der Waals surface area (Å²) < 4.78 is 26.1. The molecule has 178 valence electrons. The van der Waals surface area contributed by atoms with E-state index in [-0.39, 0.29) is 37.2 Å². The molecule has 0 saturated carbocycles. The van der Waals surface area contributed by atoms with E-state index in [4.69, 9.17) is 9.47 Å². The molecule has 2 aromatic rings. The van der Waals surface area contributed by atoms with Crippen molar-refractivity contribution < 1.29 is 28.2 Å². The minimum atomic E-state index is -0.693. The molecule has 2 fully saturated rings. The van der Waals surface area contributed by atoms with Crippen molar-refractivity contribution in [3.8, 4) is 5.75 Å². The fourth-order valence-electron chi connectivity index (χ4n) is 4.67. The summed E-state index contributed by atoms with van der Waals surface area (Å²) in [6.45, 7) is 3.95. The van der Waals surface area contributed by atoms with Gasteiger partial charge in [-0.15, -0.1) is 0 Å². The first-order valence-electron chi connectivity index (χ1n) is 11.5. The number of fused-ring (bicyclic) bond motifs is 1. The molecule has 34 heavy (non-hydrogen) atoms. The summed E-state index contributed by atoms with van der Waals surface area (Å²) in [4.78, 5) is 40.4. The third-order valence-corrected chi connectivity index (χ3v) is 6.55. The van der Waals surface area contributed by atoms with Crippen LogP contribution in [0.1, 0.15) is 39.9 Å². The topological polar surface area (TPSA) is 88.2 Å². The molecule has 0 bridgehead atoms. The van der Waals surface area contributed by atoms with Crippen LogP contribution in [0.2, 0.25) is 0 Å². The molecular weight excluding hydrogens is 441 g/mol. The van der Waals surface area contributed by atoms with Crippen molar-refractivity contribution in [2.75, 3.05) is 26.3 Å². The molecule has 0 aromatic heterocycles. The SMILES string of the molecule is O=C1CC[C@H](N2Cc3c(OCc4ccc(CN5CCOCC5)cc4F)cccc3C2=O)C(=O)N1. The summed E-state index contributed by atoms with van der Waals surface area (Å²) in [5.41, 5.74) is 2.45. The van der Waals surface area contributed by atoms with Gasteiger partial charge in [0.1, 0.15) is 24.2 Å². The lowest BCUT2D eigenvalue weighted by Gasteiger charge is -2.29. The first-order chi connectivity index (χ1) is 16.5. The maximum atomic E-state index is 14.8. The van der Waals surface area contributed by atoms with Gasteiger partial charge < -0.3 is 14.4 Å². The molecule has 2 saturated heterocycles. The van der Waals surface area contributed by atoms with Crippen molar-refractivity contribution >= 4 is 17.7 Å². The highest BCUT2D eigenvalue weighted by Gasteiger charge is 2.40. The van der Waals surface area contributed by atoms with Crippen LogP contribution in [0, 0.1) is 5.82 Å². The summed E-state index contributed by atoms with van der Waals surface area (Å²) in [5.74, 6) is -0.905. The zero-order chi connectivity index (χ0) is 23.7. The van der Waals surface area contributed by atoms with Crippen molar-refractivity contribution in [3.05, 3.63) is 64.5 Å². The van der Waals surface area contributed by atoms with E-state index in [9.17, 15) is 18.8 Å². The van der Waals surface area contributed by atoms with Gasteiger partial charge in [0.15, 0.2) is 0 Å². The summed E-state index contributed by atoms with van der Waals surface area (Å²) in [7, 11) is 0. The Morgan fingerprint density at radius 2 is 1.94 bits per heavy atom. The Morgan fingerprint density at radius 3 is 2.71 bits per heavy atom. The third kappa shape index (κ3) is 4.53. The zero-order valence-electron chi connectivity index (χ0n) is 18.7. The lowest BCUT2D eigenvalue weighted by molar-refractivity contribution is -0.136. The van der Waals surface area contributed by atoms with Crippen LogP contribution in [0.15, 0.2) is 36.4 Å². The molecule has 2 aromatic carbocycles. The average Bonchev–Trinajstić information content (AvgIpc) is 3.16. The average molecular weight is 467 g/mol. The molecule has 3 aliphatic heterocycles. The Balaban J connectivity index is 1.26. The number of benzene rings is 2. The number of morpholine rings is 1. The van der Waals surface area contributed by atoms with Gasteiger partial charge >= 0.3 is 0 Å². The van der Waals surface area contributed by atoms with Gasteiger partial charge in [0, 0.05) is 42.7 Å². The predicted molar refractivity (Wildman–Crippen MR) is 119 cm³/mol. The van der Waals surface area contributed by atoms with E-state index < -0.39 is 11.9 Å². The molecule has 0 aliphatic carbocycles. The first-order valence-corrected chi connectivity index (χ1v) is 11.5. The number of imide groups is 1. The van der Waals surface area contributed by atoms with Crippen LogP contribution in [0.3, 0.4) is 0 Å². The highest BCUT2D eigenvalue weighted by atomic mass is 19.1. The van der Waals surface area contributed by atoms with E-state index in [0.29, 0.717) is 48.6 Å². The number of carbonyl (C=O) groups is 3. The molecule has 5 rings (SSSR count). The molecule has 3 aliphatic rings. The standard InChI is InChI=1S/C25H26FN3O5/c26-20-12-16(13-28-8-10-33-11-9-28)4-5-17(20)15-34-22-3-1-2-18-19(22)14-29(25(18)32)21-6-7-23(30)27-24(21)31/h1-5,12,21H,6-11,13-15H2,(H,27,30,31)/t21-/m0/s1. The van der Waals surface area contributed by atoms with Crippen LogP contribution in [0.5, 0.6) is 5.75 Å². The van der Waals surface area contributed by atoms with Gasteiger partial charge in [-0.2, -0.15) is 0 Å². The van der Waals surface area contributed by atoms with Gasteiger partial charge in [-0.05, 0) is 30.2 Å². The Kier molecular flexibility index (Phi) is 6.30. The second kappa shape index (κ2) is 9.52. The van der Waals surface area contributed by atoms with E-state index in [1.54, 1.807) is 24.3 Å². The van der Waals surface area contributed by atoms with Crippen LogP contribution >= 0.6 is 0 Å². The van der Waals surface area contributed by atoms with Crippen LogP contribution in [-0.2, 0) is 34.0 Å². The maximum Gasteiger partial charge on any atom is 0.255 e. The Bertz CT molecular complexity index is 1130. The van der Waals surface area contributed by atoms with Gasteiger partial charge in [-0.3, -0.25) is 24.6 Å². The number of amides is 3. The van der Waals surface area contributed by atoms with Gasteiger partial charge in [-0.1, -0.05) is 18.2 Å². The lowest BCUT2D eigenvalue weighted by atomic mass is 10.0. The predicted octanol–water partition coefficient (Wildman–Crippen LogP) is 2.00. The van der Waals surface area contributed by atoms with Gasteiger partial charge in [0.2, 0.25) is 11.8 Å². The van der Waals surface area contributed by atoms with E-state index in [1.165, 1.54) is 11.0 Å². The largest absolute Gasteiger partial charge is 0.488 e. The Hall–Kier alpha value is -3.30. The van der Waals surface area contributed by atoms with E-state index >= 15 is 0 Å². The van der Waals surface area contributed by atoms with Crippen molar-refractivity contribution in [1.29, 1.82) is 0 Å². The van der Waals surface area contributed by atoms with E-state index in [1.807, 2.05) is 6.07 Å². The minimum absolute atomic E-state index is 0.0206. The smallest absolute Gasteiger partial charge is 0.255 e. The van der Waals surface area contributed by atoms with Crippen LogP contribution in [-0.4, -0.2) is 59.9 Å². The molecule has 1 N–H and O–H groups in total. The van der Waals surface area contributed by atoms with Crippen molar-refractivity contribution in [1.82, 2.24) is 15.1 Å². The Morgan fingerprint density at radius 1 is 1.12 bits per heavy atom. The van der Waals surface area contributed by atoms with Gasteiger partial charge in [0.25, 0.3) is 5.91 Å². The summed E-state index contributed by atoms with van der Waals surface area (Å²) >= 11 is 0. The van der Waals surface area contributed by atoms with E-state index in [2.05, 4.69) is 10.2 Å². The number of nitrogens with one attached hydrogen (secondary N) is 1. The molecule has 3 heterocycles. The number of halogens is 1. The number of hydrogen-bond donors (Lipinski definition) is 1. The monoisotopic (exact) mass is 467 g/mol. The maximum absolute atomic E-state index is 14.8. The van der Waals surface area contributed by atoms with Gasteiger partial charge in [0.05, 0.1) is 19.8 Å². The molecule has 9 heteroatoms. The summed E-state index contributed by atoms with van der Waals surface area (Å²) in [6, 6.07) is 9.62. The molecule has 8 nitrogen and oxygen atoms in total. The second-order valence-electron chi connectivity index (χ2n) is 8.79. The zero-order valence-corrected chi connectivity index (χ0v) is 18.7. The molecule has 3 amide bonds. The summed E-state index contributed by atoms with van der Waals surface area (Å²) in [6.07, 6.45) is 0.489. The molecule has 0 unspecified atom stereocenters. The number of rotatable bonds is 6. The number of nitrogens with zero attached hydrogens (tertiary/aromatic N) is 2. The lowest BCUT2D eigenvalue weighted by Crippen LogP contribution is -2.52. The minimum Gasteiger partial charge on any atom is -0.488 e. The molecule has 0 spiro atoms. The Labute approximate surface area is 196 Å². The number of piperidine rings is 1. The highest BCUT2D eigenvalue weighted by molar-refractivity contribution is 6.05. The highest BCUT2D eigenvalue weighted by Crippen LogP contribution is 2.34. The first kappa shape index (κ1) is 22.5. The molecule has 0 radical (unpaired) electrons. The second-order valence-corrected chi connectivity index (χ2v) is 8.79. The fourth-order valence-corrected chi connectivity index (χ4v) is 4.67. The number of carbonyl (C=O) groups excluding carboxylic acids is 3. The van der Waals surface area contributed by atoms with Crippen molar-refractivity contribution in [2.45, 2.75) is 38.6 Å². The van der Waals surface area contributed by atoms with Gasteiger partial charge in [-0.25, -0.2) is 4.39 Å². The summed E-state index contributed by atoms with van der Waals surface area (Å²) in [5, 5.41) is 2.30. The van der Waals surface area contributed by atoms with Crippen LogP contribution in [0.4, 0.5) is 4.39 Å². The van der Waals surface area contributed by atoms with Crippen molar-refractivity contribution in [2.24, 2.45) is 0 Å². The third-order valence-electron chi connectivity index (χ3n) is 6.55. The number of hydrogen-bond acceptors (Lipinski definition) is 6. The molecule has 1 atom stereocenters. The normalized spacial score (nSPS) is 20.9. The quantitative estimate of drug-likeness (QED) is 0.654. The van der Waals surface area contributed by atoms with E-state index in [0.717, 1.165) is 18.7 Å². The van der Waals surface area contributed by atoms with Crippen LogP contribution in [0.25, 0.3) is 0 Å². The van der Waals surface area contributed by atoms with Crippen molar-refractivity contribution in [3.63, 3.8) is 0 Å².